The average molecular weight is 326 g/mol. The van der Waals surface area contributed by atoms with Crippen molar-refractivity contribution in [3.05, 3.63) is 29.8 Å². The molecule has 3 rings (SSSR count). The number of hydrogen-bond acceptors (Lipinski definition) is 3. The smallest absolute Gasteiger partial charge is 0.319 e. The van der Waals surface area contributed by atoms with Crippen LogP contribution in [0.4, 0.5) is 10.5 Å². The molecule has 0 saturated heterocycles. The van der Waals surface area contributed by atoms with Crippen molar-refractivity contribution < 1.29 is 9.59 Å². The third-order valence-electron chi connectivity index (χ3n) is 4.97. The van der Waals surface area contributed by atoms with Crippen LogP contribution in [0, 0.1) is 17.2 Å². The van der Waals surface area contributed by atoms with E-state index in [0.29, 0.717) is 19.4 Å². The van der Waals surface area contributed by atoms with E-state index >= 15 is 0 Å². The molecule has 0 spiro atoms. The molecular formula is C18H22N4O2. The molecule has 0 aromatic heterocycles. The number of para-hydroxylation sites is 1. The maximum Gasteiger partial charge on any atom is 0.319 e. The molecule has 1 aromatic rings. The Bertz CT molecular complexity index is 705. The molecule has 6 nitrogen and oxygen atoms in total. The van der Waals surface area contributed by atoms with Crippen LogP contribution < -0.4 is 10.6 Å². The summed E-state index contributed by atoms with van der Waals surface area (Å²) in [4.78, 5) is 27.2. The van der Waals surface area contributed by atoms with E-state index in [-0.39, 0.29) is 17.9 Å². The van der Waals surface area contributed by atoms with Crippen LogP contribution >= 0.6 is 0 Å². The summed E-state index contributed by atoms with van der Waals surface area (Å²) in [6, 6.07) is 8.78. The minimum Gasteiger partial charge on any atom is -0.324 e. The molecule has 1 aromatic carbocycles. The lowest BCUT2D eigenvalue weighted by molar-refractivity contribution is -0.121. The predicted octanol–water partition coefficient (Wildman–Crippen LogP) is 2.62. The number of carbonyl (C=O) groups is 2. The second-order valence-electron chi connectivity index (χ2n) is 6.73. The van der Waals surface area contributed by atoms with Crippen LogP contribution in [0.2, 0.25) is 0 Å². The van der Waals surface area contributed by atoms with Crippen molar-refractivity contribution in [2.45, 2.75) is 51.2 Å². The Morgan fingerprint density at radius 2 is 2.21 bits per heavy atom. The molecule has 1 aliphatic heterocycles. The lowest BCUT2D eigenvalue weighted by atomic mass is 9.97. The fourth-order valence-electron chi connectivity index (χ4n) is 3.06. The second kappa shape index (κ2) is 6.16. The van der Waals surface area contributed by atoms with Crippen molar-refractivity contribution in [3.63, 3.8) is 0 Å². The highest BCUT2D eigenvalue weighted by atomic mass is 16.2. The van der Waals surface area contributed by atoms with Gasteiger partial charge in [-0.3, -0.25) is 4.79 Å². The Balaban J connectivity index is 1.93. The highest BCUT2D eigenvalue weighted by Crippen LogP contribution is 2.35. The molecule has 0 bridgehead atoms. The minimum absolute atomic E-state index is 0.0160. The van der Waals surface area contributed by atoms with Gasteiger partial charge in [-0.15, -0.1) is 0 Å². The van der Waals surface area contributed by atoms with Crippen LogP contribution in [0.15, 0.2) is 24.3 Å². The third kappa shape index (κ3) is 2.94. The Morgan fingerprint density at radius 3 is 2.83 bits per heavy atom. The van der Waals surface area contributed by atoms with E-state index in [1.165, 1.54) is 0 Å². The molecule has 0 radical (unpaired) electrons. The molecule has 6 heteroatoms. The summed E-state index contributed by atoms with van der Waals surface area (Å²) in [6.45, 7) is 4.32. The number of benzene rings is 1. The maximum absolute atomic E-state index is 12.8. The molecule has 0 unspecified atom stereocenters. The summed E-state index contributed by atoms with van der Waals surface area (Å²) in [5.74, 6) is -0.159. The van der Waals surface area contributed by atoms with Crippen LogP contribution in [-0.4, -0.2) is 28.4 Å². The number of carbonyl (C=O) groups excluding carboxylic acids is 2. The molecular weight excluding hydrogens is 304 g/mol. The number of rotatable bonds is 3. The number of nitrogens with zero attached hydrogens (tertiary/aromatic N) is 2. The van der Waals surface area contributed by atoms with Crippen LogP contribution in [0.5, 0.6) is 0 Å². The Morgan fingerprint density at radius 1 is 1.50 bits per heavy atom. The van der Waals surface area contributed by atoms with Gasteiger partial charge < -0.3 is 15.5 Å². The highest BCUT2D eigenvalue weighted by Gasteiger charge is 2.47. The summed E-state index contributed by atoms with van der Waals surface area (Å²) >= 11 is 0. The van der Waals surface area contributed by atoms with Gasteiger partial charge in [0.1, 0.15) is 11.6 Å². The van der Waals surface area contributed by atoms with Crippen LogP contribution in [-0.2, 0) is 11.3 Å². The number of hydrogen-bond donors (Lipinski definition) is 2. The normalized spacial score (nSPS) is 22.5. The molecule has 3 amide bonds. The molecule has 2 atom stereocenters. The molecule has 126 valence electrons. The molecule has 24 heavy (non-hydrogen) atoms. The largest absolute Gasteiger partial charge is 0.324 e. The summed E-state index contributed by atoms with van der Waals surface area (Å²) in [6.07, 6.45) is 2.11. The van der Waals surface area contributed by atoms with Gasteiger partial charge in [0, 0.05) is 5.69 Å². The number of nitrogens with one attached hydrogen (secondary N) is 2. The van der Waals surface area contributed by atoms with Gasteiger partial charge in [0.15, 0.2) is 0 Å². The lowest BCUT2D eigenvalue weighted by Crippen LogP contribution is -2.54. The second-order valence-corrected chi connectivity index (χ2v) is 6.73. The number of nitriles is 1. The van der Waals surface area contributed by atoms with Crippen molar-refractivity contribution in [3.8, 4) is 6.07 Å². The first-order valence-electron chi connectivity index (χ1n) is 8.38. The fourth-order valence-corrected chi connectivity index (χ4v) is 3.06. The van der Waals surface area contributed by atoms with E-state index < -0.39 is 11.6 Å². The maximum atomic E-state index is 12.8. The van der Waals surface area contributed by atoms with E-state index in [9.17, 15) is 14.9 Å². The topological polar surface area (TPSA) is 85.2 Å². The van der Waals surface area contributed by atoms with Crippen molar-refractivity contribution in [1.82, 2.24) is 10.2 Å². The zero-order chi connectivity index (χ0) is 17.3. The summed E-state index contributed by atoms with van der Waals surface area (Å²) < 4.78 is 0. The summed E-state index contributed by atoms with van der Waals surface area (Å²) in [7, 11) is 0. The minimum atomic E-state index is -0.751. The lowest BCUT2D eigenvalue weighted by Gasteiger charge is -2.33. The van der Waals surface area contributed by atoms with E-state index in [0.717, 1.165) is 17.7 Å². The quantitative estimate of drug-likeness (QED) is 0.895. The number of fused-ring (bicyclic) bond motifs is 1. The zero-order valence-corrected chi connectivity index (χ0v) is 14.0. The molecule has 2 aliphatic rings. The van der Waals surface area contributed by atoms with E-state index in [2.05, 4.69) is 16.7 Å². The predicted molar refractivity (Wildman–Crippen MR) is 90.0 cm³/mol. The Kier molecular flexibility index (Phi) is 4.18. The van der Waals surface area contributed by atoms with Gasteiger partial charge in [-0.2, -0.15) is 5.26 Å². The fraction of sp³-hybridized carbons (Fsp3) is 0.500. The number of urea groups is 1. The molecule has 1 heterocycles. The van der Waals surface area contributed by atoms with Crippen molar-refractivity contribution in [1.29, 1.82) is 5.26 Å². The molecule has 1 aliphatic carbocycles. The average Bonchev–Trinajstić information content (AvgIpc) is 3.36. The first-order chi connectivity index (χ1) is 11.5. The van der Waals surface area contributed by atoms with Crippen LogP contribution in [0.25, 0.3) is 0 Å². The van der Waals surface area contributed by atoms with Gasteiger partial charge in [0.2, 0.25) is 5.91 Å². The van der Waals surface area contributed by atoms with Gasteiger partial charge in [-0.1, -0.05) is 38.5 Å². The van der Waals surface area contributed by atoms with Gasteiger partial charge in [-0.25, -0.2) is 4.79 Å². The SMILES string of the molecule is CC[C@H](C)[C@H]1C(=O)Nc2ccccc2CN1C(=O)NC1(C#N)CC1. The summed E-state index contributed by atoms with van der Waals surface area (Å²) in [5, 5.41) is 15.0. The van der Waals surface area contributed by atoms with Crippen molar-refractivity contribution in [2.75, 3.05) is 5.32 Å². The molecule has 1 fully saturated rings. The standard InChI is InChI=1S/C18H22N4O2/c1-3-12(2)15-16(23)20-14-7-5-4-6-13(14)10-22(15)17(24)21-18(11-19)8-9-18/h4-7,12,15H,3,8-10H2,1-2H3,(H,20,23)(H,21,24)/t12-,15-/m0/s1. The van der Waals surface area contributed by atoms with Gasteiger partial charge in [0.05, 0.1) is 12.6 Å². The van der Waals surface area contributed by atoms with Crippen LogP contribution in [0.3, 0.4) is 0 Å². The van der Waals surface area contributed by atoms with Gasteiger partial charge in [-0.05, 0) is 30.4 Å². The van der Waals surface area contributed by atoms with Crippen molar-refractivity contribution >= 4 is 17.6 Å². The first kappa shape index (κ1) is 16.3. The molecule has 1 saturated carbocycles. The third-order valence-corrected chi connectivity index (χ3v) is 4.97. The Hall–Kier alpha value is -2.55. The molecule has 2 N–H and O–H groups in total. The Labute approximate surface area is 141 Å². The van der Waals surface area contributed by atoms with Gasteiger partial charge >= 0.3 is 6.03 Å². The number of anilines is 1. The van der Waals surface area contributed by atoms with E-state index in [1.54, 1.807) is 4.90 Å². The summed E-state index contributed by atoms with van der Waals surface area (Å²) in [5.41, 5.74) is 0.889. The van der Waals surface area contributed by atoms with Crippen molar-refractivity contribution in [2.24, 2.45) is 5.92 Å². The van der Waals surface area contributed by atoms with E-state index in [4.69, 9.17) is 0 Å². The van der Waals surface area contributed by atoms with E-state index in [1.807, 2.05) is 38.1 Å². The van der Waals surface area contributed by atoms with Gasteiger partial charge in [0.25, 0.3) is 0 Å². The number of amides is 3. The first-order valence-corrected chi connectivity index (χ1v) is 8.38. The zero-order valence-electron chi connectivity index (χ0n) is 14.0. The monoisotopic (exact) mass is 326 g/mol. The highest BCUT2D eigenvalue weighted by molar-refractivity contribution is 5.99. The van der Waals surface area contributed by atoms with Crippen LogP contribution in [0.1, 0.15) is 38.7 Å².